The number of amides is 1. The zero-order valence-corrected chi connectivity index (χ0v) is 13.7. The molecular formula is C11H13BrClNO5S. The highest BCUT2D eigenvalue weighted by atomic mass is 79.9. The smallest absolute Gasteiger partial charge is 0.261 e. The second-order valence-electron chi connectivity index (χ2n) is 3.66. The third-order valence-corrected chi connectivity index (χ3v) is 4.14. The first kappa shape index (κ1) is 17.2. The van der Waals surface area contributed by atoms with Gasteiger partial charge in [0.05, 0.1) is 16.0 Å². The largest absolute Gasteiger partial charge is 0.483 e. The summed E-state index contributed by atoms with van der Waals surface area (Å²) in [7, 11) is 2.96. The molecule has 112 valence electrons. The van der Waals surface area contributed by atoms with Gasteiger partial charge >= 0.3 is 0 Å². The van der Waals surface area contributed by atoms with Crippen molar-refractivity contribution >= 4 is 41.6 Å². The van der Waals surface area contributed by atoms with Crippen molar-refractivity contribution in [2.45, 2.75) is 4.90 Å². The molecule has 0 radical (unpaired) electrons. The number of hydrogen-bond donors (Lipinski definition) is 1. The van der Waals surface area contributed by atoms with E-state index in [0.29, 0.717) is 23.4 Å². The van der Waals surface area contributed by atoms with Gasteiger partial charge in [-0.1, -0.05) is 0 Å². The van der Waals surface area contributed by atoms with Crippen molar-refractivity contribution in [3.63, 3.8) is 0 Å². The van der Waals surface area contributed by atoms with Crippen LogP contribution in [-0.4, -0.2) is 41.2 Å². The Balaban J connectivity index is 2.59. The number of methoxy groups -OCH3 is 1. The van der Waals surface area contributed by atoms with Crippen LogP contribution in [0.1, 0.15) is 0 Å². The van der Waals surface area contributed by atoms with Gasteiger partial charge in [0.15, 0.2) is 6.61 Å². The summed E-state index contributed by atoms with van der Waals surface area (Å²) in [5, 5.41) is 2.59. The third kappa shape index (κ3) is 5.66. The lowest BCUT2D eigenvalue weighted by molar-refractivity contribution is -0.123. The summed E-state index contributed by atoms with van der Waals surface area (Å²) in [6, 6.07) is 4.02. The summed E-state index contributed by atoms with van der Waals surface area (Å²) >= 11 is 3.15. The zero-order valence-electron chi connectivity index (χ0n) is 10.6. The predicted octanol–water partition coefficient (Wildman–Crippen LogP) is 1.52. The first-order valence-electron chi connectivity index (χ1n) is 5.47. The molecule has 0 aliphatic carbocycles. The average Bonchev–Trinajstić information content (AvgIpc) is 2.36. The van der Waals surface area contributed by atoms with Gasteiger partial charge in [-0.2, -0.15) is 0 Å². The Morgan fingerprint density at radius 3 is 2.70 bits per heavy atom. The summed E-state index contributed by atoms with van der Waals surface area (Å²) in [5.74, 6) is 0.0407. The summed E-state index contributed by atoms with van der Waals surface area (Å²) in [6.07, 6.45) is 0. The van der Waals surface area contributed by atoms with E-state index in [1.807, 2.05) is 0 Å². The van der Waals surface area contributed by atoms with E-state index in [1.165, 1.54) is 25.3 Å². The van der Waals surface area contributed by atoms with E-state index < -0.39 is 9.05 Å². The molecular weight excluding hydrogens is 374 g/mol. The maximum atomic E-state index is 11.4. The number of carbonyl (C=O) groups excluding carboxylic acids is 1. The molecule has 0 atom stereocenters. The molecule has 20 heavy (non-hydrogen) atoms. The number of nitrogens with one attached hydrogen (secondary N) is 1. The van der Waals surface area contributed by atoms with Crippen molar-refractivity contribution in [2.24, 2.45) is 0 Å². The molecule has 9 heteroatoms. The molecule has 0 bridgehead atoms. The Labute approximate surface area is 129 Å². The number of ether oxygens (including phenoxy) is 2. The van der Waals surface area contributed by atoms with Crippen LogP contribution in [0.4, 0.5) is 0 Å². The van der Waals surface area contributed by atoms with Gasteiger partial charge in [-0.15, -0.1) is 0 Å². The molecule has 0 saturated heterocycles. The monoisotopic (exact) mass is 385 g/mol. The van der Waals surface area contributed by atoms with E-state index in [-0.39, 0.29) is 17.4 Å². The lowest BCUT2D eigenvalue weighted by atomic mass is 10.3. The molecule has 0 spiro atoms. The standard InChI is InChI=1S/C11H13BrClNO5S/c1-18-5-4-14-11(15)7-19-10-3-2-8(6-9(10)12)20(13,16)17/h2-3,6H,4-5,7H2,1H3,(H,14,15). The minimum absolute atomic E-state index is 0.0528. The fourth-order valence-corrected chi connectivity index (χ4v) is 2.66. The molecule has 0 aromatic heterocycles. The highest BCUT2D eigenvalue weighted by Gasteiger charge is 2.13. The van der Waals surface area contributed by atoms with Crippen LogP contribution in [0.3, 0.4) is 0 Å². The number of carbonyl (C=O) groups is 1. The van der Waals surface area contributed by atoms with E-state index >= 15 is 0 Å². The number of halogens is 2. The summed E-state index contributed by atoms with van der Waals surface area (Å²) in [6.45, 7) is 0.621. The predicted molar refractivity (Wildman–Crippen MR) is 77.6 cm³/mol. The van der Waals surface area contributed by atoms with Crippen LogP contribution < -0.4 is 10.1 Å². The van der Waals surface area contributed by atoms with Crippen molar-refractivity contribution in [2.75, 3.05) is 26.9 Å². The van der Waals surface area contributed by atoms with E-state index in [0.717, 1.165) is 0 Å². The second-order valence-corrected chi connectivity index (χ2v) is 7.08. The molecule has 1 aromatic carbocycles. The van der Waals surface area contributed by atoms with Crippen LogP contribution in [0, 0.1) is 0 Å². The minimum atomic E-state index is -3.79. The van der Waals surface area contributed by atoms with Gasteiger partial charge in [-0.25, -0.2) is 8.42 Å². The molecule has 1 amide bonds. The molecule has 1 N–H and O–H groups in total. The van der Waals surface area contributed by atoms with Gasteiger partial charge in [0.1, 0.15) is 5.75 Å². The zero-order chi connectivity index (χ0) is 15.2. The Morgan fingerprint density at radius 1 is 1.45 bits per heavy atom. The maximum absolute atomic E-state index is 11.4. The Bertz CT molecular complexity index is 578. The third-order valence-electron chi connectivity index (χ3n) is 2.17. The maximum Gasteiger partial charge on any atom is 0.261 e. The minimum Gasteiger partial charge on any atom is -0.483 e. The first-order valence-corrected chi connectivity index (χ1v) is 8.57. The van der Waals surface area contributed by atoms with Crippen LogP contribution in [-0.2, 0) is 18.6 Å². The van der Waals surface area contributed by atoms with Crippen LogP contribution in [0.2, 0.25) is 0 Å². The van der Waals surface area contributed by atoms with Crippen molar-refractivity contribution < 1.29 is 22.7 Å². The van der Waals surface area contributed by atoms with Crippen molar-refractivity contribution in [3.05, 3.63) is 22.7 Å². The molecule has 0 saturated carbocycles. The van der Waals surface area contributed by atoms with Gasteiger partial charge in [-0.05, 0) is 34.1 Å². The molecule has 1 rings (SSSR count). The van der Waals surface area contributed by atoms with Gasteiger partial charge in [0.25, 0.3) is 15.0 Å². The van der Waals surface area contributed by atoms with Crippen molar-refractivity contribution in [3.8, 4) is 5.75 Å². The molecule has 0 unspecified atom stereocenters. The van der Waals surface area contributed by atoms with Gasteiger partial charge in [0.2, 0.25) is 0 Å². The van der Waals surface area contributed by atoms with Gasteiger partial charge in [0, 0.05) is 24.3 Å². The Hall–Kier alpha value is -0.830. The van der Waals surface area contributed by atoms with E-state index in [2.05, 4.69) is 21.2 Å². The highest BCUT2D eigenvalue weighted by molar-refractivity contribution is 9.10. The Kier molecular flexibility index (Phi) is 6.74. The molecule has 0 heterocycles. The lowest BCUT2D eigenvalue weighted by Crippen LogP contribution is -2.31. The molecule has 0 aliphatic heterocycles. The van der Waals surface area contributed by atoms with Crippen molar-refractivity contribution in [1.82, 2.24) is 5.32 Å². The molecule has 1 aromatic rings. The summed E-state index contributed by atoms with van der Waals surface area (Å²) in [4.78, 5) is 11.4. The normalized spacial score (nSPS) is 11.2. The van der Waals surface area contributed by atoms with Crippen molar-refractivity contribution in [1.29, 1.82) is 0 Å². The first-order chi connectivity index (χ1) is 9.34. The lowest BCUT2D eigenvalue weighted by Gasteiger charge is -2.09. The molecule has 0 aliphatic rings. The fraction of sp³-hybridized carbons (Fsp3) is 0.364. The van der Waals surface area contributed by atoms with Crippen LogP contribution in [0.15, 0.2) is 27.6 Å². The second kappa shape index (κ2) is 7.82. The quantitative estimate of drug-likeness (QED) is 0.567. The van der Waals surface area contributed by atoms with Gasteiger partial charge in [-0.3, -0.25) is 4.79 Å². The SMILES string of the molecule is COCCNC(=O)COc1ccc(S(=O)(=O)Cl)cc1Br. The van der Waals surface area contributed by atoms with E-state index in [4.69, 9.17) is 20.2 Å². The highest BCUT2D eigenvalue weighted by Crippen LogP contribution is 2.29. The van der Waals surface area contributed by atoms with Crippen LogP contribution >= 0.6 is 26.6 Å². The summed E-state index contributed by atoms with van der Waals surface area (Å²) in [5.41, 5.74) is 0. The van der Waals surface area contributed by atoms with Gasteiger partial charge < -0.3 is 14.8 Å². The number of benzene rings is 1. The molecule has 0 fully saturated rings. The Morgan fingerprint density at radius 2 is 2.15 bits per heavy atom. The number of hydrogen-bond acceptors (Lipinski definition) is 5. The van der Waals surface area contributed by atoms with Crippen LogP contribution in [0.25, 0.3) is 0 Å². The molecule has 6 nitrogen and oxygen atoms in total. The van der Waals surface area contributed by atoms with Crippen LogP contribution in [0.5, 0.6) is 5.75 Å². The topological polar surface area (TPSA) is 81.7 Å². The van der Waals surface area contributed by atoms with E-state index in [1.54, 1.807) is 0 Å². The number of rotatable bonds is 7. The average molecular weight is 387 g/mol. The van der Waals surface area contributed by atoms with E-state index in [9.17, 15) is 13.2 Å². The fourth-order valence-electron chi connectivity index (χ4n) is 1.24. The summed E-state index contributed by atoms with van der Waals surface area (Å²) < 4.78 is 32.7.